The Labute approximate surface area is 216 Å². The molecule has 4 rings (SSSR count). The number of hydrogen-bond acceptors (Lipinski definition) is 6. The van der Waals surface area contributed by atoms with Gasteiger partial charge in [-0.3, -0.25) is 18.7 Å². The van der Waals surface area contributed by atoms with Crippen LogP contribution in [-0.2, 0) is 23.1 Å². The first kappa shape index (κ1) is 26.8. The van der Waals surface area contributed by atoms with Crippen LogP contribution in [0.4, 0.5) is 4.79 Å². The highest BCUT2D eigenvalue weighted by molar-refractivity contribution is 5.80. The molecule has 0 atom stereocenters. The maximum Gasteiger partial charge on any atom is 0.409 e. The van der Waals surface area contributed by atoms with Crippen molar-refractivity contribution in [3.63, 3.8) is 0 Å². The van der Waals surface area contributed by atoms with Crippen molar-refractivity contribution in [3.8, 4) is 5.75 Å². The number of rotatable bonds is 6. The van der Waals surface area contributed by atoms with Gasteiger partial charge < -0.3 is 19.3 Å². The number of fused-ring (bicyclic) bond motifs is 1. The van der Waals surface area contributed by atoms with E-state index in [-0.39, 0.29) is 41.0 Å². The molecule has 202 valence electrons. The molecule has 2 fully saturated rings. The third-order valence-corrected chi connectivity index (χ3v) is 7.58. The van der Waals surface area contributed by atoms with Crippen molar-refractivity contribution in [2.75, 3.05) is 39.9 Å². The van der Waals surface area contributed by atoms with E-state index in [9.17, 15) is 19.2 Å². The van der Waals surface area contributed by atoms with Crippen LogP contribution in [0.25, 0.3) is 10.9 Å². The summed E-state index contributed by atoms with van der Waals surface area (Å²) < 4.78 is 13.4. The number of hydrogen-bond donors (Lipinski definition) is 0. The van der Waals surface area contributed by atoms with Gasteiger partial charge in [0.25, 0.3) is 5.56 Å². The average Bonchev–Trinajstić information content (AvgIpc) is 2.92. The monoisotopic (exact) mass is 514 g/mol. The first-order valence-corrected chi connectivity index (χ1v) is 13.2. The van der Waals surface area contributed by atoms with Crippen molar-refractivity contribution in [2.24, 2.45) is 24.8 Å². The molecule has 0 unspecified atom stereocenters. The maximum atomic E-state index is 13.2. The van der Waals surface area contributed by atoms with Crippen LogP contribution in [0.3, 0.4) is 0 Å². The van der Waals surface area contributed by atoms with Crippen LogP contribution in [0.2, 0.25) is 0 Å². The maximum absolute atomic E-state index is 13.2. The minimum Gasteiger partial charge on any atom is -0.497 e. The van der Waals surface area contributed by atoms with Crippen molar-refractivity contribution in [2.45, 2.75) is 46.1 Å². The van der Waals surface area contributed by atoms with Gasteiger partial charge in [-0.1, -0.05) is 13.8 Å². The average molecular weight is 515 g/mol. The molecule has 0 N–H and O–H groups in total. The Morgan fingerprint density at radius 2 is 1.65 bits per heavy atom. The molecule has 2 aliphatic rings. The predicted octanol–water partition coefficient (Wildman–Crippen LogP) is 2.45. The molecule has 0 spiro atoms. The van der Waals surface area contributed by atoms with Crippen molar-refractivity contribution in [1.29, 1.82) is 0 Å². The summed E-state index contributed by atoms with van der Waals surface area (Å²) in [4.78, 5) is 55.0. The molecule has 10 heteroatoms. The molecule has 0 radical (unpaired) electrons. The third kappa shape index (κ3) is 5.83. The number of methoxy groups -OCH3 is 1. The largest absolute Gasteiger partial charge is 0.497 e. The Hall–Kier alpha value is -3.30. The van der Waals surface area contributed by atoms with E-state index >= 15 is 0 Å². The number of ether oxygens (including phenoxy) is 2. The molecule has 1 aliphatic heterocycles. The zero-order valence-corrected chi connectivity index (χ0v) is 22.3. The Kier molecular flexibility index (Phi) is 8.24. The SMILES string of the molecule is COc1ccc2c(c1)c(=O)n(CC1CCC(C(=O)N3CCN(C(=O)OCC(C)C)CC3)CC1)c(=O)n2C. The molecule has 37 heavy (non-hydrogen) atoms. The molecule has 2 aromatic rings. The Balaban J connectivity index is 1.33. The van der Waals surface area contributed by atoms with Crippen LogP contribution < -0.4 is 16.0 Å². The van der Waals surface area contributed by atoms with Gasteiger partial charge in [0.2, 0.25) is 5.91 Å². The summed E-state index contributed by atoms with van der Waals surface area (Å²) in [6.07, 6.45) is 2.72. The second kappa shape index (κ2) is 11.4. The highest BCUT2D eigenvalue weighted by Gasteiger charge is 2.32. The lowest BCUT2D eigenvalue weighted by atomic mass is 9.81. The smallest absolute Gasteiger partial charge is 0.409 e. The molecule has 1 aromatic carbocycles. The van der Waals surface area contributed by atoms with Gasteiger partial charge in [0.05, 0.1) is 24.6 Å². The van der Waals surface area contributed by atoms with Crippen LogP contribution in [-0.4, -0.2) is 70.8 Å². The van der Waals surface area contributed by atoms with Gasteiger partial charge in [-0.05, 0) is 55.7 Å². The van der Waals surface area contributed by atoms with Gasteiger partial charge in [-0.15, -0.1) is 0 Å². The van der Waals surface area contributed by atoms with E-state index in [1.165, 1.54) is 9.13 Å². The number of amides is 2. The molecule has 1 aromatic heterocycles. The van der Waals surface area contributed by atoms with Gasteiger partial charge in [0.1, 0.15) is 5.75 Å². The molecule has 1 saturated carbocycles. The summed E-state index contributed by atoms with van der Waals surface area (Å²) in [6.45, 7) is 6.73. The number of piperazine rings is 1. The number of aryl methyl sites for hydroxylation is 1. The highest BCUT2D eigenvalue weighted by Crippen LogP contribution is 2.31. The lowest BCUT2D eigenvalue weighted by Crippen LogP contribution is -2.52. The summed E-state index contributed by atoms with van der Waals surface area (Å²) in [5.74, 6) is 1.09. The molecule has 10 nitrogen and oxygen atoms in total. The third-order valence-electron chi connectivity index (χ3n) is 7.58. The van der Waals surface area contributed by atoms with Crippen molar-refractivity contribution in [1.82, 2.24) is 18.9 Å². The zero-order chi connectivity index (χ0) is 26.7. The first-order valence-electron chi connectivity index (χ1n) is 13.2. The normalized spacial score (nSPS) is 20.4. The van der Waals surface area contributed by atoms with Gasteiger partial charge in [0.15, 0.2) is 0 Å². The summed E-state index contributed by atoms with van der Waals surface area (Å²) in [7, 11) is 3.22. The van der Waals surface area contributed by atoms with Crippen LogP contribution in [0, 0.1) is 17.8 Å². The van der Waals surface area contributed by atoms with E-state index < -0.39 is 0 Å². The summed E-state index contributed by atoms with van der Waals surface area (Å²) in [6, 6.07) is 5.14. The van der Waals surface area contributed by atoms with E-state index in [0.717, 1.165) is 25.7 Å². The Morgan fingerprint density at radius 1 is 1.00 bits per heavy atom. The lowest BCUT2D eigenvalue weighted by Gasteiger charge is -2.37. The van der Waals surface area contributed by atoms with Crippen LogP contribution in [0.15, 0.2) is 27.8 Å². The topological polar surface area (TPSA) is 103 Å². The van der Waals surface area contributed by atoms with E-state index in [4.69, 9.17) is 9.47 Å². The molecular formula is C27H38N4O6. The molecule has 0 bridgehead atoms. The molecule has 1 saturated heterocycles. The molecule has 2 amide bonds. The van der Waals surface area contributed by atoms with Crippen LogP contribution in [0.5, 0.6) is 5.75 Å². The number of carbonyl (C=O) groups is 2. The van der Waals surface area contributed by atoms with E-state index in [1.807, 2.05) is 18.7 Å². The molecule has 1 aliphatic carbocycles. The van der Waals surface area contributed by atoms with Gasteiger partial charge >= 0.3 is 11.8 Å². The second-order valence-corrected chi connectivity index (χ2v) is 10.6. The fraction of sp³-hybridized carbons (Fsp3) is 0.630. The van der Waals surface area contributed by atoms with Crippen molar-refractivity contribution >= 4 is 22.9 Å². The Morgan fingerprint density at radius 3 is 2.27 bits per heavy atom. The number of benzene rings is 1. The van der Waals surface area contributed by atoms with E-state index in [0.29, 0.717) is 56.0 Å². The van der Waals surface area contributed by atoms with Gasteiger partial charge in [-0.2, -0.15) is 0 Å². The van der Waals surface area contributed by atoms with Gasteiger partial charge in [0, 0.05) is 45.7 Å². The van der Waals surface area contributed by atoms with Crippen LogP contribution >= 0.6 is 0 Å². The number of aromatic nitrogens is 2. The summed E-state index contributed by atoms with van der Waals surface area (Å²) >= 11 is 0. The fourth-order valence-electron chi connectivity index (χ4n) is 5.33. The predicted molar refractivity (Wildman–Crippen MR) is 140 cm³/mol. The molecule has 2 heterocycles. The molecular weight excluding hydrogens is 476 g/mol. The van der Waals surface area contributed by atoms with Crippen molar-refractivity contribution in [3.05, 3.63) is 39.0 Å². The van der Waals surface area contributed by atoms with E-state index in [1.54, 1.807) is 37.3 Å². The van der Waals surface area contributed by atoms with Crippen LogP contribution in [0.1, 0.15) is 39.5 Å². The highest BCUT2D eigenvalue weighted by atomic mass is 16.6. The first-order chi connectivity index (χ1) is 17.7. The summed E-state index contributed by atoms with van der Waals surface area (Å²) in [5, 5.41) is 0.456. The fourth-order valence-corrected chi connectivity index (χ4v) is 5.33. The minimum absolute atomic E-state index is 0.0592. The minimum atomic E-state index is -0.328. The van der Waals surface area contributed by atoms with Crippen molar-refractivity contribution < 1.29 is 19.1 Å². The number of nitrogens with zero attached hydrogens (tertiary/aromatic N) is 4. The second-order valence-electron chi connectivity index (χ2n) is 10.6. The summed E-state index contributed by atoms with van der Waals surface area (Å²) in [5.41, 5.74) is -0.0553. The zero-order valence-electron chi connectivity index (χ0n) is 22.3. The quantitative estimate of drug-likeness (QED) is 0.587. The lowest BCUT2D eigenvalue weighted by molar-refractivity contribution is -0.138. The van der Waals surface area contributed by atoms with Gasteiger partial charge in [-0.25, -0.2) is 9.59 Å². The van der Waals surface area contributed by atoms with E-state index in [2.05, 4.69) is 0 Å². The Bertz CT molecular complexity index is 1250. The number of carbonyl (C=O) groups excluding carboxylic acids is 2. The standard InChI is InChI=1S/C27H38N4O6/c1-18(2)17-37-27(35)30-13-11-29(12-14-30)24(32)20-7-5-19(6-8-20)16-31-25(33)22-15-21(36-4)9-10-23(22)28(3)26(31)34/h9-10,15,18-20H,5-8,11-14,16-17H2,1-4H3.